The van der Waals surface area contributed by atoms with Crippen molar-refractivity contribution in [3.8, 4) is 0 Å². The summed E-state index contributed by atoms with van der Waals surface area (Å²) in [5.74, 6) is -0.771. The number of urea groups is 1. The molecule has 0 spiro atoms. The van der Waals surface area contributed by atoms with Gasteiger partial charge in [0.15, 0.2) is 5.96 Å². The van der Waals surface area contributed by atoms with E-state index in [4.69, 9.17) is 0 Å². The highest BCUT2D eigenvalue weighted by atomic mass is 127. The molecule has 0 radical (unpaired) electrons. The lowest BCUT2D eigenvalue weighted by atomic mass is 10.1. The standard InChI is InChI=1S/C15H19F2N5O2.HI/c1-18-14(20-6-7-22-13(23)9-21-15(22)24)19-5-4-10-8-11(16)2-3-12(10)17;/h2-3,8H,4-7,9H2,1H3,(H,21,24)(H2,18,19,20);1H. The molecule has 1 heterocycles. The molecule has 10 heteroatoms. The minimum Gasteiger partial charge on any atom is -0.356 e. The van der Waals surface area contributed by atoms with Crippen LogP contribution in [0.2, 0.25) is 0 Å². The Kier molecular flexibility index (Phi) is 8.52. The first-order chi connectivity index (χ1) is 11.5. The van der Waals surface area contributed by atoms with Crippen LogP contribution in [0.3, 0.4) is 0 Å². The van der Waals surface area contributed by atoms with Crippen LogP contribution < -0.4 is 16.0 Å². The maximum absolute atomic E-state index is 13.5. The van der Waals surface area contributed by atoms with Gasteiger partial charge >= 0.3 is 6.03 Å². The van der Waals surface area contributed by atoms with Gasteiger partial charge in [-0.2, -0.15) is 0 Å². The van der Waals surface area contributed by atoms with Crippen molar-refractivity contribution in [2.75, 3.05) is 33.2 Å². The monoisotopic (exact) mass is 467 g/mol. The molecule has 1 saturated heterocycles. The Hall–Kier alpha value is -1.98. The van der Waals surface area contributed by atoms with Crippen LogP contribution in [-0.4, -0.2) is 56.0 Å². The summed E-state index contributed by atoms with van der Waals surface area (Å²) in [4.78, 5) is 27.9. The molecule has 7 nitrogen and oxygen atoms in total. The molecular formula is C15H20F2IN5O2. The number of nitrogens with zero attached hydrogens (tertiary/aromatic N) is 2. The fourth-order valence-corrected chi connectivity index (χ4v) is 2.24. The van der Waals surface area contributed by atoms with Gasteiger partial charge in [0.05, 0.1) is 6.54 Å². The first-order valence-corrected chi connectivity index (χ1v) is 7.48. The van der Waals surface area contributed by atoms with E-state index >= 15 is 0 Å². The molecule has 0 aliphatic carbocycles. The molecule has 0 aromatic heterocycles. The van der Waals surface area contributed by atoms with E-state index < -0.39 is 17.7 Å². The van der Waals surface area contributed by atoms with Gasteiger partial charge in [-0.15, -0.1) is 24.0 Å². The third kappa shape index (κ3) is 6.11. The Labute approximate surface area is 161 Å². The van der Waals surface area contributed by atoms with E-state index in [2.05, 4.69) is 20.9 Å². The Bertz CT molecular complexity index is 641. The number of carbonyl (C=O) groups excluding carboxylic acids is 2. The van der Waals surface area contributed by atoms with Crippen molar-refractivity contribution in [1.29, 1.82) is 0 Å². The van der Waals surface area contributed by atoms with Crippen LogP contribution in [0.15, 0.2) is 23.2 Å². The Balaban J connectivity index is 0.00000312. The predicted octanol–water partition coefficient (Wildman–Crippen LogP) is 0.842. The lowest BCUT2D eigenvalue weighted by molar-refractivity contribution is -0.124. The number of aliphatic imine (C=N–C) groups is 1. The first kappa shape index (κ1) is 21.1. The summed E-state index contributed by atoms with van der Waals surface area (Å²) in [5.41, 5.74) is 0.275. The third-order valence-corrected chi connectivity index (χ3v) is 3.48. The van der Waals surface area contributed by atoms with Crippen LogP contribution >= 0.6 is 24.0 Å². The lowest BCUT2D eigenvalue weighted by Crippen LogP contribution is -2.43. The highest BCUT2D eigenvalue weighted by Crippen LogP contribution is 2.09. The quantitative estimate of drug-likeness (QED) is 0.251. The second-order valence-corrected chi connectivity index (χ2v) is 5.12. The number of carbonyl (C=O) groups is 2. The molecule has 1 aromatic rings. The zero-order valence-corrected chi connectivity index (χ0v) is 16.0. The number of hydrogen-bond acceptors (Lipinski definition) is 3. The van der Waals surface area contributed by atoms with Gasteiger partial charge in [0.1, 0.15) is 11.6 Å². The van der Waals surface area contributed by atoms with Crippen LogP contribution in [0.5, 0.6) is 0 Å². The Morgan fingerprint density at radius 3 is 2.64 bits per heavy atom. The van der Waals surface area contributed by atoms with Crippen molar-refractivity contribution < 1.29 is 18.4 Å². The van der Waals surface area contributed by atoms with Gasteiger partial charge in [-0.05, 0) is 30.2 Å². The Morgan fingerprint density at radius 2 is 2.00 bits per heavy atom. The van der Waals surface area contributed by atoms with Crippen molar-refractivity contribution in [2.45, 2.75) is 6.42 Å². The average Bonchev–Trinajstić information content (AvgIpc) is 2.88. The minimum absolute atomic E-state index is 0. The summed E-state index contributed by atoms with van der Waals surface area (Å²) in [6.45, 7) is 0.908. The molecule has 1 aliphatic heterocycles. The smallest absolute Gasteiger partial charge is 0.324 e. The van der Waals surface area contributed by atoms with Gasteiger partial charge in [0, 0.05) is 26.7 Å². The van der Waals surface area contributed by atoms with E-state index in [1.807, 2.05) is 0 Å². The van der Waals surface area contributed by atoms with E-state index in [1.54, 1.807) is 7.05 Å². The van der Waals surface area contributed by atoms with E-state index in [-0.39, 0.29) is 55.0 Å². The minimum atomic E-state index is -0.484. The Morgan fingerprint density at radius 1 is 1.28 bits per heavy atom. The molecule has 25 heavy (non-hydrogen) atoms. The van der Waals surface area contributed by atoms with Gasteiger partial charge in [0.2, 0.25) is 5.91 Å². The average molecular weight is 467 g/mol. The molecule has 0 saturated carbocycles. The van der Waals surface area contributed by atoms with Crippen molar-refractivity contribution >= 4 is 41.9 Å². The summed E-state index contributed by atoms with van der Waals surface area (Å²) in [7, 11) is 1.56. The molecule has 0 atom stereocenters. The van der Waals surface area contributed by atoms with Gasteiger partial charge in [0.25, 0.3) is 0 Å². The highest BCUT2D eigenvalue weighted by molar-refractivity contribution is 14.0. The maximum atomic E-state index is 13.5. The van der Waals surface area contributed by atoms with Gasteiger partial charge in [-0.1, -0.05) is 0 Å². The largest absolute Gasteiger partial charge is 0.356 e. The summed E-state index contributed by atoms with van der Waals surface area (Å²) >= 11 is 0. The molecule has 0 unspecified atom stereocenters. The molecule has 1 fully saturated rings. The summed E-state index contributed by atoms with van der Waals surface area (Å²) in [5, 5.41) is 8.34. The van der Waals surface area contributed by atoms with Crippen molar-refractivity contribution in [2.24, 2.45) is 4.99 Å². The number of hydrogen-bond donors (Lipinski definition) is 3. The number of benzene rings is 1. The van der Waals surface area contributed by atoms with E-state index in [0.717, 1.165) is 23.1 Å². The summed E-state index contributed by atoms with van der Waals surface area (Å²) < 4.78 is 26.6. The lowest BCUT2D eigenvalue weighted by Gasteiger charge is -2.15. The van der Waals surface area contributed by atoms with Crippen LogP contribution in [0.25, 0.3) is 0 Å². The molecule has 138 valence electrons. The second-order valence-electron chi connectivity index (χ2n) is 5.12. The van der Waals surface area contributed by atoms with Crippen LogP contribution in [0.4, 0.5) is 13.6 Å². The fraction of sp³-hybridized carbons (Fsp3) is 0.400. The number of halogens is 3. The molecule has 1 aliphatic rings. The molecule has 3 N–H and O–H groups in total. The summed E-state index contributed by atoms with van der Waals surface area (Å²) in [6, 6.07) is 2.91. The number of rotatable bonds is 6. The third-order valence-electron chi connectivity index (χ3n) is 3.48. The summed E-state index contributed by atoms with van der Waals surface area (Å²) in [6.07, 6.45) is 0.289. The fourth-order valence-electron chi connectivity index (χ4n) is 2.24. The van der Waals surface area contributed by atoms with E-state index in [0.29, 0.717) is 19.0 Å². The van der Waals surface area contributed by atoms with E-state index in [1.165, 1.54) is 0 Å². The van der Waals surface area contributed by atoms with E-state index in [9.17, 15) is 18.4 Å². The number of imide groups is 1. The van der Waals surface area contributed by atoms with Crippen LogP contribution in [0, 0.1) is 11.6 Å². The van der Waals surface area contributed by atoms with Gasteiger partial charge in [-0.25, -0.2) is 13.6 Å². The number of guanidine groups is 1. The zero-order chi connectivity index (χ0) is 17.5. The number of nitrogens with one attached hydrogen (secondary N) is 3. The predicted molar refractivity (Wildman–Crippen MR) is 100.0 cm³/mol. The van der Waals surface area contributed by atoms with Gasteiger partial charge in [-0.3, -0.25) is 14.7 Å². The van der Waals surface area contributed by atoms with Gasteiger partial charge < -0.3 is 16.0 Å². The first-order valence-electron chi connectivity index (χ1n) is 7.48. The van der Waals surface area contributed by atoms with Crippen molar-refractivity contribution in [1.82, 2.24) is 20.9 Å². The van der Waals surface area contributed by atoms with Crippen molar-refractivity contribution in [3.63, 3.8) is 0 Å². The molecule has 3 amide bonds. The molecular weight excluding hydrogens is 447 g/mol. The maximum Gasteiger partial charge on any atom is 0.324 e. The topological polar surface area (TPSA) is 85.8 Å². The zero-order valence-electron chi connectivity index (χ0n) is 13.6. The van der Waals surface area contributed by atoms with Crippen LogP contribution in [0.1, 0.15) is 5.56 Å². The van der Waals surface area contributed by atoms with Crippen LogP contribution in [-0.2, 0) is 11.2 Å². The highest BCUT2D eigenvalue weighted by Gasteiger charge is 2.27. The molecule has 2 rings (SSSR count). The molecule has 1 aromatic carbocycles. The second kappa shape index (κ2) is 10.1. The SMILES string of the molecule is CN=C(NCCc1cc(F)ccc1F)NCCN1C(=O)CNC1=O.I. The van der Waals surface area contributed by atoms with Crippen molar-refractivity contribution in [3.05, 3.63) is 35.4 Å². The normalized spacial score (nSPS) is 14.2. The molecule has 0 bridgehead atoms. The number of amides is 3.